The van der Waals surface area contributed by atoms with Gasteiger partial charge < -0.3 is 10.1 Å². The SMILES string of the molecule is ClCC1(NCCCc2ccccc2)CCOCC1. The Morgan fingerprint density at radius 2 is 1.89 bits per heavy atom. The minimum Gasteiger partial charge on any atom is -0.381 e. The Morgan fingerprint density at radius 1 is 1.17 bits per heavy atom. The molecule has 0 bridgehead atoms. The highest BCUT2D eigenvalue weighted by Crippen LogP contribution is 2.22. The summed E-state index contributed by atoms with van der Waals surface area (Å²) in [4.78, 5) is 0. The van der Waals surface area contributed by atoms with E-state index >= 15 is 0 Å². The number of alkyl halides is 1. The monoisotopic (exact) mass is 267 g/mol. The molecule has 0 aliphatic carbocycles. The van der Waals surface area contributed by atoms with E-state index in [9.17, 15) is 0 Å². The van der Waals surface area contributed by atoms with Crippen LogP contribution in [-0.4, -0.2) is 31.2 Å². The summed E-state index contributed by atoms with van der Waals surface area (Å²) < 4.78 is 5.40. The molecule has 0 atom stereocenters. The number of rotatable bonds is 6. The lowest BCUT2D eigenvalue weighted by molar-refractivity contribution is 0.0466. The van der Waals surface area contributed by atoms with E-state index in [1.165, 1.54) is 5.56 Å². The average molecular weight is 268 g/mol. The van der Waals surface area contributed by atoms with Crippen molar-refractivity contribution in [3.05, 3.63) is 35.9 Å². The first-order valence-corrected chi connectivity index (χ1v) is 7.31. The topological polar surface area (TPSA) is 21.3 Å². The molecule has 1 fully saturated rings. The van der Waals surface area contributed by atoms with Crippen LogP contribution in [0.2, 0.25) is 0 Å². The minimum absolute atomic E-state index is 0.108. The van der Waals surface area contributed by atoms with Gasteiger partial charge in [0.15, 0.2) is 0 Å². The number of aryl methyl sites for hydroxylation is 1. The van der Waals surface area contributed by atoms with E-state index in [1.807, 2.05) is 0 Å². The quantitative estimate of drug-likeness (QED) is 0.632. The zero-order chi connectivity index (χ0) is 12.7. The molecule has 1 heterocycles. The van der Waals surface area contributed by atoms with E-state index in [2.05, 4.69) is 35.6 Å². The molecule has 0 amide bonds. The van der Waals surface area contributed by atoms with Gasteiger partial charge in [-0.1, -0.05) is 30.3 Å². The van der Waals surface area contributed by atoms with Crippen LogP contribution >= 0.6 is 11.6 Å². The van der Waals surface area contributed by atoms with E-state index in [-0.39, 0.29) is 5.54 Å². The van der Waals surface area contributed by atoms with E-state index in [0.29, 0.717) is 5.88 Å². The maximum absolute atomic E-state index is 6.11. The van der Waals surface area contributed by atoms with Gasteiger partial charge in [0.2, 0.25) is 0 Å². The Morgan fingerprint density at radius 3 is 2.56 bits per heavy atom. The molecule has 100 valence electrons. The molecule has 18 heavy (non-hydrogen) atoms. The molecule has 0 spiro atoms. The maximum atomic E-state index is 6.11. The zero-order valence-electron chi connectivity index (χ0n) is 10.8. The highest BCUT2D eigenvalue weighted by Gasteiger charge is 2.30. The zero-order valence-corrected chi connectivity index (χ0v) is 11.6. The van der Waals surface area contributed by atoms with Crippen LogP contribution in [0.3, 0.4) is 0 Å². The molecule has 1 aromatic carbocycles. The molecule has 2 nitrogen and oxygen atoms in total. The number of ether oxygens (including phenoxy) is 1. The molecule has 0 radical (unpaired) electrons. The van der Waals surface area contributed by atoms with Gasteiger partial charge in [-0.25, -0.2) is 0 Å². The summed E-state index contributed by atoms with van der Waals surface area (Å²) in [5, 5.41) is 3.64. The van der Waals surface area contributed by atoms with Crippen molar-refractivity contribution in [3.8, 4) is 0 Å². The normalized spacial score (nSPS) is 18.7. The molecular weight excluding hydrogens is 246 g/mol. The van der Waals surface area contributed by atoms with Crippen molar-refractivity contribution < 1.29 is 4.74 Å². The lowest BCUT2D eigenvalue weighted by Crippen LogP contribution is -2.51. The lowest BCUT2D eigenvalue weighted by atomic mass is 9.92. The third kappa shape index (κ3) is 3.98. The summed E-state index contributed by atoms with van der Waals surface area (Å²) >= 11 is 6.11. The Balaban J connectivity index is 1.71. The van der Waals surface area contributed by atoms with Crippen molar-refractivity contribution in [2.45, 2.75) is 31.2 Å². The Bertz CT molecular complexity index is 336. The van der Waals surface area contributed by atoms with Crippen molar-refractivity contribution in [3.63, 3.8) is 0 Å². The number of benzene rings is 1. The molecule has 1 N–H and O–H groups in total. The molecule has 0 unspecified atom stereocenters. The van der Waals surface area contributed by atoms with Gasteiger partial charge in [0.1, 0.15) is 0 Å². The fourth-order valence-electron chi connectivity index (χ4n) is 2.41. The van der Waals surface area contributed by atoms with Crippen molar-refractivity contribution in [1.82, 2.24) is 5.32 Å². The standard InChI is InChI=1S/C15H22ClNO/c16-13-15(8-11-18-12-9-15)17-10-4-7-14-5-2-1-3-6-14/h1-3,5-6,17H,4,7-13H2. The molecule has 0 saturated carbocycles. The second-order valence-corrected chi connectivity index (χ2v) is 5.31. The first kappa shape index (κ1) is 13.9. The molecule has 1 saturated heterocycles. The largest absolute Gasteiger partial charge is 0.381 e. The number of hydrogen-bond acceptors (Lipinski definition) is 2. The van der Waals surface area contributed by atoms with Gasteiger partial charge in [0.05, 0.1) is 0 Å². The first-order valence-electron chi connectivity index (χ1n) is 6.77. The van der Waals surface area contributed by atoms with Gasteiger partial charge in [-0.05, 0) is 37.8 Å². The molecule has 0 aromatic heterocycles. The Labute approximate surface area is 115 Å². The highest BCUT2D eigenvalue weighted by atomic mass is 35.5. The van der Waals surface area contributed by atoms with Crippen LogP contribution in [-0.2, 0) is 11.2 Å². The van der Waals surface area contributed by atoms with Gasteiger partial charge in [0, 0.05) is 24.6 Å². The summed E-state index contributed by atoms with van der Waals surface area (Å²) in [7, 11) is 0. The summed E-state index contributed by atoms with van der Waals surface area (Å²) in [6, 6.07) is 10.6. The van der Waals surface area contributed by atoms with Crippen LogP contribution < -0.4 is 5.32 Å². The summed E-state index contributed by atoms with van der Waals surface area (Å²) in [5.41, 5.74) is 1.52. The molecule has 1 aromatic rings. The van der Waals surface area contributed by atoms with Crippen LogP contribution in [0, 0.1) is 0 Å². The number of nitrogens with one attached hydrogen (secondary N) is 1. The van der Waals surface area contributed by atoms with E-state index in [0.717, 1.165) is 45.4 Å². The molecule has 3 heteroatoms. The highest BCUT2D eigenvalue weighted by molar-refractivity contribution is 6.18. The predicted molar refractivity (Wildman–Crippen MR) is 76.3 cm³/mol. The number of hydrogen-bond donors (Lipinski definition) is 1. The van der Waals surface area contributed by atoms with Gasteiger partial charge >= 0.3 is 0 Å². The van der Waals surface area contributed by atoms with E-state index in [4.69, 9.17) is 16.3 Å². The van der Waals surface area contributed by atoms with Gasteiger partial charge in [-0.2, -0.15) is 0 Å². The van der Waals surface area contributed by atoms with Crippen molar-refractivity contribution >= 4 is 11.6 Å². The fourth-order valence-corrected chi connectivity index (χ4v) is 2.77. The van der Waals surface area contributed by atoms with Crippen LogP contribution in [0.25, 0.3) is 0 Å². The van der Waals surface area contributed by atoms with Gasteiger partial charge in [0.25, 0.3) is 0 Å². The smallest absolute Gasteiger partial charge is 0.0484 e. The third-order valence-electron chi connectivity index (χ3n) is 3.69. The van der Waals surface area contributed by atoms with Gasteiger partial charge in [-0.15, -0.1) is 11.6 Å². The van der Waals surface area contributed by atoms with E-state index in [1.54, 1.807) is 0 Å². The molecular formula is C15H22ClNO. The predicted octanol–water partition coefficient (Wildman–Crippen LogP) is 3.00. The average Bonchev–Trinajstić information content (AvgIpc) is 2.46. The maximum Gasteiger partial charge on any atom is 0.0484 e. The van der Waals surface area contributed by atoms with E-state index < -0.39 is 0 Å². The van der Waals surface area contributed by atoms with Crippen LogP contribution in [0.4, 0.5) is 0 Å². The third-order valence-corrected chi connectivity index (χ3v) is 4.20. The molecule has 2 rings (SSSR count). The second-order valence-electron chi connectivity index (χ2n) is 5.04. The fraction of sp³-hybridized carbons (Fsp3) is 0.600. The summed E-state index contributed by atoms with van der Waals surface area (Å²) in [6.45, 7) is 2.69. The van der Waals surface area contributed by atoms with Crippen LogP contribution in [0.5, 0.6) is 0 Å². The van der Waals surface area contributed by atoms with Crippen molar-refractivity contribution in [2.24, 2.45) is 0 Å². The molecule has 1 aliphatic rings. The Kier molecular flexibility index (Phi) is 5.48. The second kappa shape index (κ2) is 7.13. The summed E-state index contributed by atoms with van der Waals surface area (Å²) in [6.07, 6.45) is 4.34. The first-order chi connectivity index (χ1) is 8.85. The lowest BCUT2D eigenvalue weighted by Gasteiger charge is -2.36. The summed E-state index contributed by atoms with van der Waals surface area (Å²) in [5.74, 6) is 0.682. The molecule has 1 aliphatic heterocycles. The van der Waals surface area contributed by atoms with Crippen molar-refractivity contribution in [2.75, 3.05) is 25.6 Å². The minimum atomic E-state index is 0.108. The van der Waals surface area contributed by atoms with Gasteiger partial charge in [-0.3, -0.25) is 0 Å². The van der Waals surface area contributed by atoms with Crippen LogP contribution in [0.1, 0.15) is 24.8 Å². The Hall–Kier alpha value is -0.570. The number of halogens is 1. The van der Waals surface area contributed by atoms with Crippen molar-refractivity contribution in [1.29, 1.82) is 0 Å². The van der Waals surface area contributed by atoms with Crippen LogP contribution in [0.15, 0.2) is 30.3 Å².